The summed E-state index contributed by atoms with van der Waals surface area (Å²) in [4.78, 5) is 8.18. The Kier molecular flexibility index (Phi) is 2.83. The number of rotatable bonds is 3. The largest absolute Gasteiger partial charge is 0.477 e. The molecule has 11 heavy (non-hydrogen) atoms. The summed E-state index contributed by atoms with van der Waals surface area (Å²) in [5.74, 6) is 0.664. The molecule has 0 radical (unpaired) electrons. The average Bonchev–Trinajstić information content (AvgIpc) is 2.06. The van der Waals surface area contributed by atoms with E-state index in [1.54, 1.807) is 12.4 Å². The zero-order valence-electron chi connectivity index (χ0n) is 6.87. The summed E-state index contributed by atoms with van der Waals surface area (Å²) in [5.41, 5.74) is 0.925. The third kappa shape index (κ3) is 1.90. The molecule has 0 aliphatic carbocycles. The lowest BCUT2D eigenvalue weighted by Crippen LogP contribution is -1.99. The molecular formula is C8H12N2O. The quantitative estimate of drug-likeness (QED) is 0.657. The van der Waals surface area contributed by atoms with Gasteiger partial charge in [-0.2, -0.15) is 0 Å². The highest BCUT2D eigenvalue weighted by molar-refractivity contribution is 5.16. The van der Waals surface area contributed by atoms with Gasteiger partial charge in [0, 0.05) is 12.4 Å². The van der Waals surface area contributed by atoms with E-state index in [0.717, 1.165) is 12.1 Å². The summed E-state index contributed by atoms with van der Waals surface area (Å²) in [6.07, 6.45) is 4.19. The Morgan fingerprint density at radius 3 is 2.64 bits per heavy atom. The molecule has 0 atom stereocenters. The number of hydrogen-bond donors (Lipinski definition) is 0. The van der Waals surface area contributed by atoms with Gasteiger partial charge in [-0.3, -0.25) is 4.98 Å². The maximum absolute atomic E-state index is 5.25. The second-order valence-electron chi connectivity index (χ2n) is 2.09. The van der Waals surface area contributed by atoms with Crippen LogP contribution in [-0.4, -0.2) is 16.6 Å². The van der Waals surface area contributed by atoms with Crippen molar-refractivity contribution in [3.8, 4) is 5.88 Å². The Balaban J connectivity index is 2.83. The van der Waals surface area contributed by atoms with Crippen molar-refractivity contribution in [1.29, 1.82) is 0 Å². The molecular weight excluding hydrogens is 140 g/mol. The van der Waals surface area contributed by atoms with Crippen molar-refractivity contribution in [3.63, 3.8) is 0 Å². The van der Waals surface area contributed by atoms with Crippen LogP contribution >= 0.6 is 0 Å². The summed E-state index contributed by atoms with van der Waals surface area (Å²) < 4.78 is 5.25. The molecule has 0 spiro atoms. The summed E-state index contributed by atoms with van der Waals surface area (Å²) >= 11 is 0. The van der Waals surface area contributed by atoms with Gasteiger partial charge in [-0.1, -0.05) is 6.92 Å². The number of aryl methyl sites for hydroxylation is 1. The lowest BCUT2D eigenvalue weighted by molar-refractivity contribution is 0.321. The van der Waals surface area contributed by atoms with Crippen LogP contribution in [0.25, 0.3) is 0 Å². The lowest BCUT2D eigenvalue weighted by Gasteiger charge is -2.04. The molecule has 60 valence electrons. The Bertz CT molecular complexity index is 225. The van der Waals surface area contributed by atoms with E-state index in [2.05, 4.69) is 9.97 Å². The zero-order chi connectivity index (χ0) is 8.10. The minimum absolute atomic E-state index is 0.645. The average molecular weight is 152 g/mol. The van der Waals surface area contributed by atoms with Crippen LogP contribution in [0.2, 0.25) is 0 Å². The first kappa shape index (κ1) is 7.98. The Hall–Kier alpha value is -1.12. The van der Waals surface area contributed by atoms with Crippen LogP contribution in [0.4, 0.5) is 0 Å². The van der Waals surface area contributed by atoms with Crippen molar-refractivity contribution < 1.29 is 4.74 Å². The van der Waals surface area contributed by atoms with E-state index in [4.69, 9.17) is 4.74 Å². The molecule has 0 saturated heterocycles. The van der Waals surface area contributed by atoms with E-state index in [0.29, 0.717) is 12.5 Å². The molecule has 0 fully saturated rings. The fraction of sp³-hybridized carbons (Fsp3) is 0.500. The Morgan fingerprint density at radius 1 is 1.27 bits per heavy atom. The van der Waals surface area contributed by atoms with Crippen molar-refractivity contribution >= 4 is 0 Å². The van der Waals surface area contributed by atoms with E-state index in [1.807, 2.05) is 13.8 Å². The Morgan fingerprint density at radius 2 is 2.00 bits per heavy atom. The molecule has 0 bridgehead atoms. The van der Waals surface area contributed by atoms with Gasteiger partial charge in [-0.25, -0.2) is 4.98 Å². The first-order chi connectivity index (χ1) is 5.38. The van der Waals surface area contributed by atoms with Crippen molar-refractivity contribution in [1.82, 2.24) is 9.97 Å². The van der Waals surface area contributed by atoms with Crippen LogP contribution in [0.3, 0.4) is 0 Å². The van der Waals surface area contributed by atoms with Crippen molar-refractivity contribution in [2.24, 2.45) is 0 Å². The van der Waals surface area contributed by atoms with Crippen LogP contribution in [0, 0.1) is 0 Å². The third-order valence-corrected chi connectivity index (χ3v) is 1.35. The normalized spacial score (nSPS) is 9.64. The predicted octanol–water partition coefficient (Wildman–Crippen LogP) is 1.44. The van der Waals surface area contributed by atoms with Crippen molar-refractivity contribution in [3.05, 3.63) is 18.1 Å². The maximum atomic E-state index is 5.25. The summed E-state index contributed by atoms with van der Waals surface area (Å²) in [7, 11) is 0. The van der Waals surface area contributed by atoms with E-state index in [-0.39, 0.29) is 0 Å². The number of ether oxygens (including phenoxy) is 1. The van der Waals surface area contributed by atoms with Crippen LogP contribution in [0.15, 0.2) is 12.4 Å². The van der Waals surface area contributed by atoms with Gasteiger partial charge >= 0.3 is 0 Å². The van der Waals surface area contributed by atoms with Gasteiger partial charge in [0.05, 0.1) is 6.61 Å². The molecule has 1 heterocycles. The van der Waals surface area contributed by atoms with Crippen molar-refractivity contribution in [2.45, 2.75) is 20.3 Å². The number of aromatic nitrogens is 2. The van der Waals surface area contributed by atoms with Gasteiger partial charge in [0.2, 0.25) is 5.88 Å². The smallest absolute Gasteiger partial charge is 0.235 e. The monoisotopic (exact) mass is 152 g/mol. The molecule has 0 amide bonds. The summed E-state index contributed by atoms with van der Waals surface area (Å²) in [5, 5.41) is 0. The second-order valence-corrected chi connectivity index (χ2v) is 2.09. The van der Waals surface area contributed by atoms with Gasteiger partial charge in [-0.15, -0.1) is 0 Å². The second kappa shape index (κ2) is 3.91. The SMILES string of the molecule is CCOc1nccnc1CC. The first-order valence-electron chi connectivity index (χ1n) is 3.81. The topological polar surface area (TPSA) is 35.0 Å². The van der Waals surface area contributed by atoms with E-state index in [1.165, 1.54) is 0 Å². The lowest BCUT2D eigenvalue weighted by atomic mass is 10.3. The Labute approximate surface area is 66.4 Å². The van der Waals surface area contributed by atoms with Crippen LogP contribution in [-0.2, 0) is 6.42 Å². The van der Waals surface area contributed by atoms with Crippen LogP contribution in [0.5, 0.6) is 5.88 Å². The minimum atomic E-state index is 0.645. The molecule has 3 heteroatoms. The molecule has 1 aromatic heterocycles. The first-order valence-corrected chi connectivity index (χ1v) is 3.81. The molecule has 1 rings (SSSR count). The van der Waals surface area contributed by atoms with Crippen molar-refractivity contribution in [2.75, 3.05) is 6.61 Å². The highest BCUT2D eigenvalue weighted by Crippen LogP contribution is 2.10. The van der Waals surface area contributed by atoms with Gasteiger partial charge in [0.1, 0.15) is 5.69 Å². The molecule has 3 nitrogen and oxygen atoms in total. The molecule has 0 N–H and O–H groups in total. The third-order valence-electron chi connectivity index (χ3n) is 1.35. The van der Waals surface area contributed by atoms with Crippen LogP contribution < -0.4 is 4.74 Å². The highest BCUT2D eigenvalue weighted by Gasteiger charge is 2.01. The van der Waals surface area contributed by atoms with E-state index < -0.39 is 0 Å². The molecule has 0 aliphatic heterocycles. The maximum Gasteiger partial charge on any atom is 0.235 e. The molecule has 1 aromatic rings. The van der Waals surface area contributed by atoms with Gasteiger partial charge in [-0.05, 0) is 13.3 Å². The zero-order valence-corrected chi connectivity index (χ0v) is 6.87. The number of hydrogen-bond acceptors (Lipinski definition) is 3. The highest BCUT2D eigenvalue weighted by atomic mass is 16.5. The molecule has 0 aliphatic rings. The molecule has 0 saturated carbocycles. The van der Waals surface area contributed by atoms with E-state index in [9.17, 15) is 0 Å². The fourth-order valence-electron chi connectivity index (χ4n) is 0.854. The fourth-order valence-corrected chi connectivity index (χ4v) is 0.854. The van der Waals surface area contributed by atoms with Gasteiger partial charge in [0.15, 0.2) is 0 Å². The summed E-state index contributed by atoms with van der Waals surface area (Å²) in [6, 6.07) is 0. The van der Waals surface area contributed by atoms with E-state index >= 15 is 0 Å². The molecule has 0 unspecified atom stereocenters. The minimum Gasteiger partial charge on any atom is -0.477 e. The van der Waals surface area contributed by atoms with Crippen LogP contribution in [0.1, 0.15) is 19.5 Å². The van der Waals surface area contributed by atoms with Gasteiger partial charge < -0.3 is 4.74 Å². The van der Waals surface area contributed by atoms with Gasteiger partial charge in [0.25, 0.3) is 0 Å². The number of nitrogens with zero attached hydrogens (tertiary/aromatic N) is 2. The predicted molar refractivity (Wildman–Crippen MR) is 42.6 cm³/mol. The standard InChI is InChI=1S/C8H12N2O/c1-3-7-8(11-4-2)10-6-5-9-7/h5-6H,3-4H2,1-2H3. The molecule has 0 aromatic carbocycles. The summed E-state index contributed by atoms with van der Waals surface area (Å²) in [6.45, 7) is 4.62.